The van der Waals surface area contributed by atoms with E-state index in [2.05, 4.69) is 29.4 Å². The molecule has 2 aliphatic rings. The molecule has 4 nitrogen and oxygen atoms in total. The molecule has 2 rings (SSSR count). The maximum absolute atomic E-state index is 12.3. The van der Waals surface area contributed by atoms with E-state index in [1.165, 1.54) is 19.3 Å². The molecule has 4 heteroatoms. The van der Waals surface area contributed by atoms with Gasteiger partial charge in [-0.05, 0) is 18.3 Å². The van der Waals surface area contributed by atoms with Gasteiger partial charge in [0.15, 0.2) is 0 Å². The molecular formula is C15H29N3O. The predicted octanol–water partition coefficient (Wildman–Crippen LogP) is 1.22. The number of carbonyl (C=O) groups excluding carboxylic acids is 1. The van der Waals surface area contributed by atoms with Crippen molar-refractivity contribution in [3.63, 3.8) is 0 Å². The molecule has 0 bridgehead atoms. The molecule has 1 atom stereocenters. The first-order chi connectivity index (χ1) is 9.09. The molecule has 1 saturated heterocycles. The van der Waals surface area contributed by atoms with Crippen molar-refractivity contribution in [1.29, 1.82) is 0 Å². The van der Waals surface area contributed by atoms with Crippen LogP contribution in [0.15, 0.2) is 0 Å². The lowest BCUT2D eigenvalue weighted by molar-refractivity contribution is -0.130. The van der Waals surface area contributed by atoms with Crippen LogP contribution in [0.4, 0.5) is 0 Å². The molecule has 0 aromatic rings. The van der Waals surface area contributed by atoms with Gasteiger partial charge in [0.2, 0.25) is 5.91 Å². The van der Waals surface area contributed by atoms with Crippen LogP contribution in [0.25, 0.3) is 0 Å². The molecule has 1 unspecified atom stereocenters. The maximum atomic E-state index is 12.3. The van der Waals surface area contributed by atoms with Gasteiger partial charge >= 0.3 is 0 Å². The zero-order chi connectivity index (χ0) is 13.7. The van der Waals surface area contributed by atoms with Crippen LogP contribution in [-0.4, -0.2) is 50.1 Å². The number of nitrogens with one attached hydrogen (secondary N) is 2. The van der Waals surface area contributed by atoms with Gasteiger partial charge < -0.3 is 10.6 Å². The third-order valence-electron chi connectivity index (χ3n) is 4.76. The molecule has 0 spiro atoms. The first-order valence-corrected chi connectivity index (χ1v) is 7.80. The van der Waals surface area contributed by atoms with E-state index >= 15 is 0 Å². The second-order valence-electron chi connectivity index (χ2n) is 6.67. The van der Waals surface area contributed by atoms with Crippen molar-refractivity contribution in [2.24, 2.45) is 11.3 Å². The zero-order valence-corrected chi connectivity index (χ0v) is 12.5. The van der Waals surface area contributed by atoms with E-state index in [1.54, 1.807) is 0 Å². The number of hydrogen-bond donors (Lipinski definition) is 2. The SMILES string of the molecule is CC1(C)CCCCC1C(=O)NCCN1CCNCC1. The highest BCUT2D eigenvalue weighted by molar-refractivity contribution is 5.79. The fraction of sp³-hybridized carbons (Fsp3) is 0.933. The molecule has 2 N–H and O–H groups in total. The topological polar surface area (TPSA) is 44.4 Å². The standard InChI is InChI=1S/C15H29N3O/c1-15(2)6-4-3-5-13(15)14(19)17-9-12-18-10-7-16-8-11-18/h13,16H,3-12H2,1-2H3,(H,17,19). The molecule has 1 aliphatic heterocycles. The van der Waals surface area contributed by atoms with E-state index in [-0.39, 0.29) is 17.2 Å². The summed E-state index contributed by atoms with van der Waals surface area (Å²) in [6, 6.07) is 0. The van der Waals surface area contributed by atoms with E-state index in [9.17, 15) is 4.79 Å². The summed E-state index contributed by atoms with van der Waals surface area (Å²) in [5.74, 6) is 0.490. The minimum absolute atomic E-state index is 0.178. The number of nitrogens with zero attached hydrogens (tertiary/aromatic N) is 1. The number of carbonyl (C=O) groups is 1. The fourth-order valence-electron chi connectivity index (χ4n) is 3.38. The monoisotopic (exact) mass is 267 g/mol. The Bertz CT molecular complexity index is 298. The molecule has 0 aromatic heterocycles. The summed E-state index contributed by atoms with van der Waals surface area (Å²) in [5.41, 5.74) is 0.178. The second kappa shape index (κ2) is 6.71. The number of piperazine rings is 1. The van der Waals surface area contributed by atoms with Crippen LogP contribution in [0.2, 0.25) is 0 Å². The summed E-state index contributed by atoms with van der Waals surface area (Å²) in [4.78, 5) is 14.7. The molecule has 110 valence electrons. The smallest absolute Gasteiger partial charge is 0.223 e. The maximum Gasteiger partial charge on any atom is 0.223 e. The Morgan fingerprint density at radius 2 is 2.05 bits per heavy atom. The molecular weight excluding hydrogens is 238 g/mol. The summed E-state index contributed by atoms with van der Waals surface area (Å²) in [7, 11) is 0. The molecule has 0 radical (unpaired) electrons. The summed E-state index contributed by atoms with van der Waals surface area (Å²) in [5, 5.41) is 6.50. The third kappa shape index (κ3) is 4.18. The van der Waals surface area contributed by atoms with Gasteiger partial charge in [0.05, 0.1) is 0 Å². The van der Waals surface area contributed by atoms with Crippen LogP contribution in [0.3, 0.4) is 0 Å². The van der Waals surface area contributed by atoms with E-state index < -0.39 is 0 Å². The average Bonchev–Trinajstić information content (AvgIpc) is 2.39. The summed E-state index contributed by atoms with van der Waals surface area (Å²) < 4.78 is 0. The van der Waals surface area contributed by atoms with Crippen LogP contribution >= 0.6 is 0 Å². The van der Waals surface area contributed by atoms with Crippen molar-refractivity contribution < 1.29 is 4.79 Å². The quantitative estimate of drug-likeness (QED) is 0.805. The lowest BCUT2D eigenvalue weighted by atomic mass is 9.68. The Hall–Kier alpha value is -0.610. The van der Waals surface area contributed by atoms with Crippen molar-refractivity contribution in [2.45, 2.75) is 39.5 Å². The Kier molecular flexibility index (Phi) is 5.22. The molecule has 1 saturated carbocycles. The van der Waals surface area contributed by atoms with Gasteiger partial charge in [0, 0.05) is 45.2 Å². The Balaban J connectivity index is 1.71. The largest absolute Gasteiger partial charge is 0.355 e. The minimum atomic E-state index is 0.178. The molecule has 1 heterocycles. The highest BCUT2D eigenvalue weighted by Gasteiger charge is 2.36. The number of rotatable bonds is 4. The normalized spacial score (nSPS) is 28.0. The Morgan fingerprint density at radius 3 is 2.74 bits per heavy atom. The van der Waals surface area contributed by atoms with Crippen LogP contribution in [0.5, 0.6) is 0 Å². The summed E-state index contributed by atoms with van der Waals surface area (Å²) >= 11 is 0. The number of hydrogen-bond acceptors (Lipinski definition) is 3. The number of amides is 1. The zero-order valence-electron chi connectivity index (χ0n) is 12.5. The van der Waals surface area contributed by atoms with Crippen LogP contribution in [0.1, 0.15) is 39.5 Å². The minimum Gasteiger partial charge on any atom is -0.355 e. The van der Waals surface area contributed by atoms with E-state index in [4.69, 9.17) is 0 Å². The molecule has 0 aromatic carbocycles. The fourth-order valence-corrected chi connectivity index (χ4v) is 3.38. The van der Waals surface area contributed by atoms with Gasteiger partial charge in [-0.3, -0.25) is 9.69 Å². The molecule has 1 aliphatic carbocycles. The van der Waals surface area contributed by atoms with Crippen molar-refractivity contribution in [3.05, 3.63) is 0 Å². The van der Waals surface area contributed by atoms with Crippen molar-refractivity contribution in [2.75, 3.05) is 39.3 Å². The van der Waals surface area contributed by atoms with E-state index in [0.717, 1.165) is 45.7 Å². The Morgan fingerprint density at radius 1 is 1.32 bits per heavy atom. The molecule has 2 fully saturated rings. The first kappa shape index (κ1) is 14.8. The first-order valence-electron chi connectivity index (χ1n) is 7.80. The van der Waals surface area contributed by atoms with Crippen molar-refractivity contribution in [3.8, 4) is 0 Å². The van der Waals surface area contributed by atoms with Gasteiger partial charge in [-0.25, -0.2) is 0 Å². The van der Waals surface area contributed by atoms with Crippen molar-refractivity contribution >= 4 is 5.91 Å². The van der Waals surface area contributed by atoms with Crippen molar-refractivity contribution in [1.82, 2.24) is 15.5 Å². The van der Waals surface area contributed by atoms with E-state index in [1.807, 2.05) is 0 Å². The second-order valence-corrected chi connectivity index (χ2v) is 6.67. The Labute approximate surface area is 117 Å². The van der Waals surface area contributed by atoms with Gasteiger partial charge in [-0.2, -0.15) is 0 Å². The summed E-state index contributed by atoms with van der Waals surface area (Å²) in [6.45, 7) is 10.6. The van der Waals surface area contributed by atoms with E-state index in [0.29, 0.717) is 0 Å². The molecule has 19 heavy (non-hydrogen) atoms. The predicted molar refractivity (Wildman–Crippen MR) is 78.1 cm³/mol. The highest BCUT2D eigenvalue weighted by atomic mass is 16.1. The lowest BCUT2D eigenvalue weighted by Gasteiger charge is -2.37. The van der Waals surface area contributed by atoms with Crippen LogP contribution < -0.4 is 10.6 Å². The van der Waals surface area contributed by atoms with Gasteiger partial charge in [-0.15, -0.1) is 0 Å². The third-order valence-corrected chi connectivity index (χ3v) is 4.76. The van der Waals surface area contributed by atoms with Gasteiger partial charge in [-0.1, -0.05) is 26.7 Å². The van der Waals surface area contributed by atoms with Crippen LogP contribution in [0, 0.1) is 11.3 Å². The van der Waals surface area contributed by atoms with Gasteiger partial charge in [0.1, 0.15) is 0 Å². The van der Waals surface area contributed by atoms with Gasteiger partial charge in [0.25, 0.3) is 0 Å². The lowest BCUT2D eigenvalue weighted by Crippen LogP contribution is -2.47. The highest BCUT2D eigenvalue weighted by Crippen LogP contribution is 2.40. The average molecular weight is 267 g/mol. The van der Waals surface area contributed by atoms with Crippen LogP contribution in [-0.2, 0) is 4.79 Å². The molecule has 1 amide bonds. The summed E-state index contributed by atoms with van der Waals surface area (Å²) in [6.07, 6.45) is 4.73.